The van der Waals surface area contributed by atoms with Crippen LogP contribution < -0.4 is 5.32 Å². The van der Waals surface area contributed by atoms with Gasteiger partial charge in [-0.05, 0) is 62.6 Å². The minimum absolute atomic E-state index is 0.142. The van der Waals surface area contributed by atoms with E-state index in [1.807, 2.05) is 32.0 Å². The van der Waals surface area contributed by atoms with Crippen molar-refractivity contribution < 1.29 is 21.6 Å². The van der Waals surface area contributed by atoms with Crippen LogP contribution in [0.15, 0.2) is 47.4 Å². The lowest BCUT2D eigenvalue weighted by atomic mass is 10.1. The lowest BCUT2D eigenvalue weighted by Gasteiger charge is -2.16. The predicted molar refractivity (Wildman–Crippen MR) is 132 cm³/mol. The van der Waals surface area contributed by atoms with Gasteiger partial charge in [0.2, 0.25) is 10.0 Å². The number of hydrogen-bond acceptors (Lipinski definition) is 6. The molecular weight excluding hydrogens is 488 g/mol. The third kappa shape index (κ3) is 4.39. The fraction of sp³-hybridized carbons (Fsp3) is 0.333. The number of sulfonamides is 1. The number of sulfone groups is 1. The van der Waals surface area contributed by atoms with E-state index in [2.05, 4.69) is 10.4 Å². The number of fused-ring (bicyclic) bond motifs is 1. The third-order valence-corrected chi connectivity index (χ3v) is 9.77. The number of benzene rings is 2. The molecule has 0 unspecified atom stereocenters. The van der Waals surface area contributed by atoms with E-state index in [0.29, 0.717) is 30.2 Å². The molecule has 2 aromatic carbocycles. The predicted octanol–water partition coefficient (Wildman–Crippen LogP) is 2.95. The summed E-state index contributed by atoms with van der Waals surface area (Å²) in [6.45, 7) is 4.90. The van der Waals surface area contributed by atoms with Crippen LogP contribution in [0.4, 0.5) is 5.82 Å². The second kappa shape index (κ2) is 8.58. The number of anilines is 1. The summed E-state index contributed by atoms with van der Waals surface area (Å²) in [5.74, 6) is -0.540. The second-order valence-electron chi connectivity index (χ2n) is 9.10. The van der Waals surface area contributed by atoms with Gasteiger partial charge in [-0.15, -0.1) is 0 Å². The largest absolute Gasteiger partial charge is 0.306 e. The van der Waals surface area contributed by atoms with Gasteiger partial charge < -0.3 is 5.32 Å². The molecule has 0 saturated carbocycles. The van der Waals surface area contributed by atoms with Gasteiger partial charge in [0.15, 0.2) is 9.84 Å². The molecule has 0 spiro atoms. The topological polar surface area (TPSA) is 118 Å². The standard InChI is InChI=1S/C24H26N4O5S2/c1-16-5-10-22(17(2)13-16)28-23(20-14-34(30,31)15-21(20)26-28)25-24(29)18-6-8-19(9-7-18)35(32,33)27-11-3-4-12-27/h5-10,13H,3-4,11-12,14-15H2,1-2H3,(H,25,29). The first-order valence-corrected chi connectivity index (χ1v) is 14.6. The lowest BCUT2D eigenvalue weighted by Crippen LogP contribution is -2.27. The summed E-state index contributed by atoms with van der Waals surface area (Å²) in [6.07, 6.45) is 1.68. The molecule has 11 heteroatoms. The molecule has 184 valence electrons. The summed E-state index contributed by atoms with van der Waals surface area (Å²) in [7, 11) is -6.91. The van der Waals surface area contributed by atoms with Crippen molar-refractivity contribution in [3.05, 3.63) is 70.4 Å². The highest BCUT2D eigenvalue weighted by Gasteiger charge is 2.34. The van der Waals surface area contributed by atoms with E-state index in [-0.39, 0.29) is 22.0 Å². The highest BCUT2D eigenvalue weighted by molar-refractivity contribution is 7.90. The fourth-order valence-electron chi connectivity index (χ4n) is 4.62. The molecule has 0 bridgehead atoms. The number of nitrogens with one attached hydrogen (secondary N) is 1. The maximum atomic E-state index is 13.2. The Bertz CT molecular complexity index is 1540. The molecular formula is C24H26N4O5S2. The van der Waals surface area contributed by atoms with Crippen LogP contribution in [0, 0.1) is 13.8 Å². The molecule has 3 heterocycles. The molecule has 0 radical (unpaired) electrons. The summed E-state index contributed by atoms with van der Waals surface area (Å²) < 4.78 is 53.1. The van der Waals surface area contributed by atoms with Gasteiger partial charge in [-0.1, -0.05) is 17.7 Å². The molecule has 3 aromatic rings. The zero-order valence-electron chi connectivity index (χ0n) is 19.5. The monoisotopic (exact) mass is 514 g/mol. The minimum Gasteiger partial charge on any atom is -0.306 e. The Hall–Kier alpha value is -3.02. The van der Waals surface area contributed by atoms with E-state index in [1.165, 1.54) is 28.6 Å². The number of amides is 1. The van der Waals surface area contributed by atoms with Crippen molar-refractivity contribution in [1.29, 1.82) is 0 Å². The molecule has 1 fully saturated rings. The Labute approximate surface area is 204 Å². The van der Waals surface area contributed by atoms with Gasteiger partial charge in [-0.25, -0.2) is 21.5 Å². The molecule has 9 nitrogen and oxygen atoms in total. The van der Waals surface area contributed by atoms with Gasteiger partial charge in [0.1, 0.15) is 5.82 Å². The first-order valence-electron chi connectivity index (χ1n) is 11.4. The van der Waals surface area contributed by atoms with Crippen LogP contribution in [-0.2, 0) is 31.4 Å². The van der Waals surface area contributed by atoms with Crippen molar-refractivity contribution in [3.63, 3.8) is 0 Å². The second-order valence-corrected chi connectivity index (χ2v) is 13.1. The lowest BCUT2D eigenvalue weighted by molar-refractivity contribution is 0.102. The van der Waals surface area contributed by atoms with E-state index in [0.717, 1.165) is 29.7 Å². The number of carbonyl (C=O) groups excluding carboxylic acids is 1. The summed E-state index contributed by atoms with van der Waals surface area (Å²) in [5, 5.41) is 7.36. The number of nitrogens with zero attached hydrogens (tertiary/aromatic N) is 3. The Morgan fingerprint density at radius 3 is 2.34 bits per heavy atom. The highest BCUT2D eigenvalue weighted by Crippen LogP contribution is 2.34. The first-order chi connectivity index (χ1) is 16.5. The molecule has 1 N–H and O–H groups in total. The third-order valence-electron chi connectivity index (χ3n) is 6.42. The average molecular weight is 515 g/mol. The van der Waals surface area contributed by atoms with Gasteiger partial charge in [0.05, 0.1) is 27.8 Å². The molecule has 1 aromatic heterocycles. The Kier molecular flexibility index (Phi) is 5.81. The maximum Gasteiger partial charge on any atom is 0.256 e. The normalized spacial score (nSPS) is 17.4. The van der Waals surface area contributed by atoms with Crippen LogP contribution in [0.25, 0.3) is 5.69 Å². The number of rotatable bonds is 5. The van der Waals surface area contributed by atoms with Gasteiger partial charge in [0.25, 0.3) is 5.91 Å². The maximum absolute atomic E-state index is 13.2. The molecule has 1 amide bonds. The van der Waals surface area contributed by atoms with E-state index in [9.17, 15) is 21.6 Å². The number of aromatic nitrogens is 2. The summed E-state index contributed by atoms with van der Waals surface area (Å²) in [6, 6.07) is 11.6. The number of aryl methyl sites for hydroxylation is 2. The Balaban J connectivity index is 1.47. The molecule has 0 aliphatic carbocycles. The molecule has 1 saturated heterocycles. The molecule has 2 aliphatic rings. The first kappa shape index (κ1) is 23.7. The van der Waals surface area contributed by atoms with Gasteiger partial charge in [0, 0.05) is 24.2 Å². The van der Waals surface area contributed by atoms with Crippen molar-refractivity contribution in [3.8, 4) is 5.69 Å². The van der Waals surface area contributed by atoms with Crippen LogP contribution in [0.3, 0.4) is 0 Å². The van der Waals surface area contributed by atoms with E-state index in [1.54, 1.807) is 4.68 Å². The van der Waals surface area contributed by atoms with Crippen molar-refractivity contribution in [2.24, 2.45) is 0 Å². The fourth-order valence-corrected chi connectivity index (χ4v) is 7.63. The molecule has 5 rings (SSSR count). The summed E-state index contributed by atoms with van der Waals surface area (Å²) in [5.41, 5.74) is 3.90. The smallest absolute Gasteiger partial charge is 0.256 e. The van der Waals surface area contributed by atoms with Gasteiger partial charge in [-0.2, -0.15) is 9.40 Å². The van der Waals surface area contributed by atoms with Crippen LogP contribution in [0.5, 0.6) is 0 Å². The molecule has 35 heavy (non-hydrogen) atoms. The zero-order valence-corrected chi connectivity index (χ0v) is 21.1. The Morgan fingerprint density at radius 1 is 1.00 bits per heavy atom. The zero-order chi connectivity index (χ0) is 25.0. The number of carbonyl (C=O) groups is 1. The van der Waals surface area contributed by atoms with Crippen molar-refractivity contribution >= 4 is 31.6 Å². The van der Waals surface area contributed by atoms with E-state index >= 15 is 0 Å². The van der Waals surface area contributed by atoms with Crippen LogP contribution in [0.2, 0.25) is 0 Å². The van der Waals surface area contributed by atoms with E-state index in [4.69, 9.17) is 0 Å². The minimum atomic E-state index is -3.58. The van der Waals surface area contributed by atoms with Crippen molar-refractivity contribution in [2.75, 3.05) is 18.4 Å². The molecule has 2 aliphatic heterocycles. The summed E-state index contributed by atoms with van der Waals surface area (Å²) in [4.78, 5) is 13.3. The quantitative estimate of drug-likeness (QED) is 0.559. The summed E-state index contributed by atoms with van der Waals surface area (Å²) >= 11 is 0. The van der Waals surface area contributed by atoms with Crippen LogP contribution in [-0.4, -0.2) is 49.9 Å². The SMILES string of the molecule is Cc1ccc(-n2nc3c(c2NC(=O)c2ccc(S(=O)(=O)N4CCCC4)cc2)CS(=O)(=O)C3)c(C)c1. The van der Waals surface area contributed by atoms with Crippen molar-refractivity contribution in [1.82, 2.24) is 14.1 Å². The number of hydrogen-bond donors (Lipinski definition) is 1. The van der Waals surface area contributed by atoms with Crippen molar-refractivity contribution in [2.45, 2.75) is 43.1 Å². The Morgan fingerprint density at radius 2 is 1.69 bits per heavy atom. The molecule has 0 atom stereocenters. The van der Waals surface area contributed by atoms with Crippen LogP contribution >= 0.6 is 0 Å². The van der Waals surface area contributed by atoms with E-state index < -0.39 is 25.8 Å². The average Bonchev–Trinajstić information content (AvgIpc) is 3.51. The van der Waals surface area contributed by atoms with Gasteiger partial charge in [-0.3, -0.25) is 4.79 Å². The van der Waals surface area contributed by atoms with Crippen LogP contribution in [0.1, 0.15) is 45.6 Å². The highest BCUT2D eigenvalue weighted by atomic mass is 32.2. The van der Waals surface area contributed by atoms with Gasteiger partial charge >= 0.3 is 0 Å².